The van der Waals surface area contributed by atoms with E-state index in [0.717, 1.165) is 63.2 Å². The Bertz CT molecular complexity index is 635. The molecule has 2 aliphatic rings. The number of rotatable bonds is 5. The minimum absolute atomic E-state index is 0.120. The van der Waals surface area contributed by atoms with E-state index in [4.69, 9.17) is 4.74 Å². The Hall–Kier alpha value is -2.04. The van der Waals surface area contributed by atoms with E-state index in [1.54, 1.807) is 0 Å². The van der Waals surface area contributed by atoms with Gasteiger partial charge in [-0.3, -0.25) is 9.59 Å². The van der Waals surface area contributed by atoms with Crippen molar-refractivity contribution in [2.75, 3.05) is 32.8 Å². The van der Waals surface area contributed by atoms with E-state index in [-0.39, 0.29) is 11.8 Å². The van der Waals surface area contributed by atoms with Crippen molar-refractivity contribution in [1.29, 1.82) is 0 Å². The van der Waals surface area contributed by atoms with Gasteiger partial charge in [0.2, 0.25) is 5.91 Å². The molecule has 0 aromatic heterocycles. The summed E-state index contributed by atoms with van der Waals surface area (Å²) in [5.41, 5.74) is 0.731. The number of ether oxygens (including phenoxy) is 1. The molecule has 0 bridgehead atoms. The quantitative estimate of drug-likeness (QED) is 0.794. The van der Waals surface area contributed by atoms with E-state index < -0.39 is 0 Å². The number of likely N-dealkylation sites (tertiary alicyclic amines) is 2. The third kappa shape index (κ3) is 5.24. The highest BCUT2D eigenvalue weighted by molar-refractivity contribution is 5.94. The zero-order valence-electron chi connectivity index (χ0n) is 16.7. The maximum Gasteiger partial charge on any atom is 0.253 e. The van der Waals surface area contributed by atoms with Gasteiger partial charge >= 0.3 is 0 Å². The zero-order chi connectivity index (χ0) is 19.2. The molecule has 27 heavy (non-hydrogen) atoms. The highest BCUT2D eigenvalue weighted by Gasteiger charge is 2.24. The molecule has 3 rings (SSSR count). The van der Waals surface area contributed by atoms with Gasteiger partial charge in [-0.2, -0.15) is 0 Å². The van der Waals surface area contributed by atoms with Crippen molar-refractivity contribution in [2.45, 2.75) is 46.0 Å². The number of benzene rings is 1. The van der Waals surface area contributed by atoms with Crippen LogP contribution in [0.5, 0.6) is 5.75 Å². The standard InChI is InChI=1S/C22H32N2O3/c1-3-21(25)24-12-4-5-18(15-24)16-27-20-8-6-19(7-9-20)22(26)23-13-10-17(2)11-14-23/h6-9,17-18H,3-5,10-16H2,1-2H3/t18-/m0/s1. The van der Waals surface area contributed by atoms with Crippen LogP contribution in [0.2, 0.25) is 0 Å². The lowest BCUT2D eigenvalue weighted by atomic mass is 9.98. The van der Waals surface area contributed by atoms with Crippen LogP contribution in [0.4, 0.5) is 0 Å². The van der Waals surface area contributed by atoms with Gasteiger partial charge in [0.15, 0.2) is 0 Å². The molecule has 1 aromatic rings. The Kier molecular flexibility index (Phi) is 6.75. The predicted molar refractivity (Wildman–Crippen MR) is 106 cm³/mol. The number of amides is 2. The lowest BCUT2D eigenvalue weighted by molar-refractivity contribution is -0.132. The van der Waals surface area contributed by atoms with Gasteiger partial charge in [-0.05, 0) is 55.9 Å². The van der Waals surface area contributed by atoms with Crippen LogP contribution in [0.25, 0.3) is 0 Å². The van der Waals surface area contributed by atoms with Gasteiger partial charge in [-0.1, -0.05) is 13.8 Å². The first-order chi connectivity index (χ1) is 13.1. The number of nitrogens with zero attached hydrogens (tertiary/aromatic N) is 2. The molecule has 0 radical (unpaired) electrons. The Morgan fingerprint density at radius 1 is 1.04 bits per heavy atom. The lowest BCUT2D eigenvalue weighted by Crippen LogP contribution is -2.41. The third-order valence-electron chi connectivity index (χ3n) is 5.83. The molecule has 5 heteroatoms. The van der Waals surface area contributed by atoms with Gasteiger partial charge in [0.25, 0.3) is 5.91 Å². The van der Waals surface area contributed by atoms with Crippen molar-refractivity contribution in [3.63, 3.8) is 0 Å². The smallest absolute Gasteiger partial charge is 0.253 e. The van der Waals surface area contributed by atoms with E-state index in [1.807, 2.05) is 41.0 Å². The van der Waals surface area contributed by atoms with E-state index >= 15 is 0 Å². The summed E-state index contributed by atoms with van der Waals surface area (Å²) in [4.78, 5) is 28.4. The van der Waals surface area contributed by atoms with Crippen LogP contribution in [0.1, 0.15) is 56.3 Å². The van der Waals surface area contributed by atoms with Crippen molar-refractivity contribution in [3.05, 3.63) is 29.8 Å². The highest BCUT2D eigenvalue weighted by atomic mass is 16.5. The minimum atomic E-state index is 0.120. The normalized spacial score (nSPS) is 21.2. The summed E-state index contributed by atoms with van der Waals surface area (Å²) in [6.45, 7) is 8.14. The van der Waals surface area contributed by atoms with Gasteiger partial charge < -0.3 is 14.5 Å². The molecule has 2 aliphatic heterocycles. The van der Waals surface area contributed by atoms with E-state index in [9.17, 15) is 9.59 Å². The molecular weight excluding hydrogens is 340 g/mol. The van der Waals surface area contributed by atoms with Gasteiger partial charge in [-0.15, -0.1) is 0 Å². The fourth-order valence-corrected chi connectivity index (χ4v) is 3.95. The Morgan fingerprint density at radius 2 is 1.74 bits per heavy atom. The molecule has 2 fully saturated rings. The molecule has 1 atom stereocenters. The molecule has 0 saturated carbocycles. The van der Waals surface area contributed by atoms with E-state index in [2.05, 4.69) is 6.92 Å². The van der Waals surface area contributed by atoms with Crippen LogP contribution in [0.3, 0.4) is 0 Å². The summed E-state index contributed by atoms with van der Waals surface area (Å²) in [6, 6.07) is 7.50. The molecule has 148 valence electrons. The van der Waals surface area contributed by atoms with Crippen LogP contribution in [0, 0.1) is 11.8 Å². The fraction of sp³-hybridized carbons (Fsp3) is 0.636. The summed E-state index contributed by atoms with van der Waals surface area (Å²) in [5.74, 6) is 2.24. The maximum atomic E-state index is 12.6. The lowest BCUT2D eigenvalue weighted by Gasteiger charge is -2.32. The van der Waals surface area contributed by atoms with Crippen molar-refractivity contribution in [2.24, 2.45) is 11.8 Å². The number of piperidine rings is 2. The molecule has 0 unspecified atom stereocenters. The second-order valence-corrected chi connectivity index (χ2v) is 8.01. The molecule has 1 aromatic carbocycles. The fourth-order valence-electron chi connectivity index (χ4n) is 3.95. The largest absolute Gasteiger partial charge is 0.493 e. The molecule has 2 heterocycles. The minimum Gasteiger partial charge on any atom is -0.493 e. The highest BCUT2D eigenvalue weighted by Crippen LogP contribution is 2.22. The number of carbonyl (C=O) groups excluding carboxylic acids is 2. The molecule has 0 aliphatic carbocycles. The van der Waals surface area contributed by atoms with Crippen molar-refractivity contribution in [1.82, 2.24) is 9.80 Å². The average Bonchev–Trinajstić information content (AvgIpc) is 2.72. The predicted octanol–water partition coefficient (Wildman–Crippen LogP) is 3.59. The molecule has 5 nitrogen and oxygen atoms in total. The first-order valence-corrected chi connectivity index (χ1v) is 10.4. The first kappa shape index (κ1) is 19.7. The van der Waals surface area contributed by atoms with Crippen LogP contribution >= 0.6 is 0 Å². The van der Waals surface area contributed by atoms with E-state index in [0.29, 0.717) is 24.9 Å². The van der Waals surface area contributed by atoms with Crippen LogP contribution in [0.15, 0.2) is 24.3 Å². The Balaban J connectivity index is 1.49. The molecular formula is C22H32N2O3. The molecule has 2 amide bonds. The van der Waals surface area contributed by atoms with Crippen molar-refractivity contribution >= 4 is 11.8 Å². The van der Waals surface area contributed by atoms with E-state index in [1.165, 1.54) is 0 Å². The van der Waals surface area contributed by atoms with Crippen LogP contribution in [-0.4, -0.2) is 54.4 Å². The summed E-state index contributed by atoms with van der Waals surface area (Å²) in [6.07, 6.45) is 4.88. The van der Waals surface area contributed by atoms with Crippen molar-refractivity contribution in [3.8, 4) is 5.75 Å². The number of hydrogen-bond acceptors (Lipinski definition) is 3. The third-order valence-corrected chi connectivity index (χ3v) is 5.83. The average molecular weight is 373 g/mol. The molecule has 0 N–H and O–H groups in total. The van der Waals surface area contributed by atoms with Crippen LogP contribution in [-0.2, 0) is 4.79 Å². The summed E-state index contributed by atoms with van der Waals surface area (Å²) >= 11 is 0. The SMILES string of the molecule is CCC(=O)N1CCC[C@H](COc2ccc(C(=O)N3CCC(C)CC3)cc2)C1. The second-order valence-electron chi connectivity index (χ2n) is 8.01. The Labute approximate surface area is 162 Å². The monoisotopic (exact) mass is 372 g/mol. The number of hydrogen-bond donors (Lipinski definition) is 0. The van der Waals surface area contributed by atoms with Crippen LogP contribution < -0.4 is 4.74 Å². The summed E-state index contributed by atoms with van der Waals surface area (Å²) in [7, 11) is 0. The summed E-state index contributed by atoms with van der Waals surface area (Å²) in [5, 5.41) is 0. The first-order valence-electron chi connectivity index (χ1n) is 10.4. The maximum absolute atomic E-state index is 12.6. The molecule has 0 spiro atoms. The van der Waals surface area contributed by atoms with Gasteiger partial charge in [0.05, 0.1) is 6.61 Å². The second kappa shape index (κ2) is 9.25. The Morgan fingerprint density at radius 3 is 2.41 bits per heavy atom. The summed E-state index contributed by atoms with van der Waals surface area (Å²) < 4.78 is 5.94. The van der Waals surface area contributed by atoms with Crippen molar-refractivity contribution < 1.29 is 14.3 Å². The van der Waals surface area contributed by atoms with Gasteiger partial charge in [0, 0.05) is 44.1 Å². The molecule has 2 saturated heterocycles. The zero-order valence-corrected chi connectivity index (χ0v) is 16.7. The number of carbonyl (C=O) groups is 2. The van der Waals surface area contributed by atoms with Gasteiger partial charge in [0.1, 0.15) is 5.75 Å². The van der Waals surface area contributed by atoms with Gasteiger partial charge in [-0.25, -0.2) is 0 Å². The topological polar surface area (TPSA) is 49.9 Å².